The number of carbonyl (C=O) groups excluding carboxylic acids is 3. The Morgan fingerprint density at radius 2 is 2.15 bits per heavy atom. The van der Waals surface area contributed by atoms with Crippen molar-refractivity contribution in [2.24, 2.45) is 0 Å². The molecule has 0 spiro atoms. The van der Waals surface area contributed by atoms with Crippen LogP contribution in [0.4, 0.5) is 0 Å². The van der Waals surface area contributed by atoms with Crippen molar-refractivity contribution in [2.75, 3.05) is 44.4 Å². The average molecular weight is 383 g/mol. The molecule has 0 aromatic rings. The Bertz CT molecular complexity index is 545. The maximum Gasteiger partial charge on any atom is 0.246 e. The highest BCUT2D eigenvalue weighted by molar-refractivity contribution is 7.99. The third-order valence-electron chi connectivity index (χ3n) is 5.51. The van der Waals surface area contributed by atoms with Gasteiger partial charge in [0.2, 0.25) is 17.7 Å². The number of likely N-dealkylation sites (tertiary alicyclic amines) is 1. The molecule has 0 aliphatic carbocycles. The summed E-state index contributed by atoms with van der Waals surface area (Å²) in [4.78, 5) is 43.3. The standard InChI is InChI=1S/C18H30N4O3S/c1-2-3-6-16(23)22-13-26-12-15(22)18(25)20-8-4-5-14(11-20)21-9-7-19-10-17(21)24/h14-15,19H,2-13H2,1H3. The van der Waals surface area contributed by atoms with Crippen LogP contribution in [0.25, 0.3) is 0 Å². The fourth-order valence-electron chi connectivity index (χ4n) is 3.99. The Labute approximate surface area is 159 Å². The second-order valence-electron chi connectivity index (χ2n) is 7.33. The van der Waals surface area contributed by atoms with Gasteiger partial charge in [0.15, 0.2) is 0 Å². The molecule has 3 aliphatic heterocycles. The molecule has 3 amide bonds. The number of amides is 3. The smallest absolute Gasteiger partial charge is 0.246 e. The van der Waals surface area contributed by atoms with Crippen LogP contribution in [0.15, 0.2) is 0 Å². The molecular formula is C18H30N4O3S. The van der Waals surface area contributed by atoms with E-state index in [1.807, 2.05) is 9.80 Å². The normalized spacial score (nSPS) is 27.1. The predicted molar refractivity (Wildman–Crippen MR) is 102 cm³/mol. The number of thioether (sulfide) groups is 1. The van der Waals surface area contributed by atoms with Gasteiger partial charge in [-0.2, -0.15) is 0 Å². The molecule has 3 saturated heterocycles. The SMILES string of the molecule is CCCCC(=O)N1CSCC1C(=O)N1CCCC(N2CCNCC2=O)C1. The lowest BCUT2D eigenvalue weighted by atomic mass is 10.0. The van der Waals surface area contributed by atoms with Crippen LogP contribution in [0.5, 0.6) is 0 Å². The van der Waals surface area contributed by atoms with Gasteiger partial charge in [0.1, 0.15) is 6.04 Å². The van der Waals surface area contributed by atoms with Gasteiger partial charge in [-0.25, -0.2) is 0 Å². The van der Waals surface area contributed by atoms with Crippen molar-refractivity contribution >= 4 is 29.5 Å². The molecule has 7 nitrogen and oxygen atoms in total. The zero-order chi connectivity index (χ0) is 18.5. The van der Waals surface area contributed by atoms with Crippen LogP contribution in [0.1, 0.15) is 39.0 Å². The minimum atomic E-state index is -0.332. The Morgan fingerprint density at radius 3 is 2.92 bits per heavy atom. The molecule has 0 radical (unpaired) electrons. The van der Waals surface area contributed by atoms with Gasteiger partial charge in [-0.1, -0.05) is 13.3 Å². The van der Waals surface area contributed by atoms with E-state index in [1.165, 1.54) is 0 Å². The first-order valence-electron chi connectivity index (χ1n) is 9.78. The summed E-state index contributed by atoms with van der Waals surface area (Å²) in [5, 5.41) is 3.10. The van der Waals surface area contributed by atoms with Crippen LogP contribution in [0.3, 0.4) is 0 Å². The maximum atomic E-state index is 13.1. The number of nitrogens with zero attached hydrogens (tertiary/aromatic N) is 3. The lowest BCUT2D eigenvalue weighted by Gasteiger charge is -2.42. The highest BCUT2D eigenvalue weighted by atomic mass is 32.2. The minimum absolute atomic E-state index is 0.0622. The molecule has 1 N–H and O–H groups in total. The van der Waals surface area contributed by atoms with E-state index in [2.05, 4.69) is 12.2 Å². The quantitative estimate of drug-likeness (QED) is 0.750. The third-order valence-corrected chi connectivity index (χ3v) is 6.52. The predicted octanol–water partition coefficient (Wildman–Crippen LogP) is 0.501. The zero-order valence-electron chi connectivity index (χ0n) is 15.6. The van der Waals surface area contributed by atoms with Crippen LogP contribution < -0.4 is 5.32 Å². The summed E-state index contributed by atoms with van der Waals surface area (Å²) in [6.45, 7) is 5.32. The van der Waals surface area contributed by atoms with E-state index in [4.69, 9.17) is 0 Å². The Hall–Kier alpha value is -1.28. The molecule has 3 aliphatic rings. The van der Waals surface area contributed by atoms with E-state index in [0.29, 0.717) is 37.7 Å². The first-order valence-corrected chi connectivity index (χ1v) is 10.9. The van der Waals surface area contributed by atoms with Gasteiger partial charge in [0.25, 0.3) is 0 Å². The highest BCUT2D eigenvalue weighted by Crippen LogP contribution is 2.26. The summed E-state index contributed by atoms with van der Waals surface area (Å²) >= 11 is 1.66. The highest BCUT2D eigenvalue weighted by Gasteiger charge is 2.39. The van der Waals surface area contributed by atoms with Gasteiger partial charge >= 0.3 is 0 Å². The van der Waals surface area contributed by atoms with Crippen LogP contribution in [-0.4, -0.2) is 88.9 Å². The Balaban J connectivity index is 1.61. The largest absolute Gasteiger partial charge is 0.339 e. The lowest BCUT2D eigenvalue weighted by molar-refractivity contribution is -0.146. The van der Waals surface area contributed by atoms with Crippen molar-refractivity contribution in [3.63, 3.8) is 0 Å². The molecule has 26 heavy (non-hydrogen) atoms. The summed E-state index contributed by atoms with van der Waals surface area (Å²) in [6.07, 6.45) is 4.25. The summed E-state index contributed by atoms with van der Waals surface area (Å²) < 4.78 is 0. The van der Waals surface area contributed by atoms with E-state index >= 15 is 0 Å². The lowest BCUT2D eigenvalue weighted by Crippen LogP contribution is -2.59. The summed E-state index contributed by atoms with van der Waals surface area (Å²) in [6, 6.07) is -0.220. The number of carbonyl (C=O) groups is 3. The number of rotatable bonds is 5. The number of hydrogen-bond acceptors (Lipinski definition) is 5. The van der Waals surface area contributed by atoms with Crippen LogP contribution in [0.2, 0.25) is 0 Å². The molecule has 0 saturated carbocycles. The van der Waals surface area contributed by atoms with E-state index in [1.54, 1.807) is 16.7 Å². The topological polar surface area (TPSA) is 73.0 Å². The van der Waals surface area contributed by atoms with Crippen molar-refractivity contribution in [1.29, 1.82) is 0 Å². The maximum absolute atomic E-state index is 13.1. The third kappa shape index (κ3) is 4.34. The van der Waals surface area contributed by atoms with E-state index in [9.17, 15) is 14.4 Å². The monoisotopic (exact) mass is 382 g/mol. The number of hydrogen-bond donors (Lipinski definition) is 1. The van der Waals surface area contributed by atoms with Gasteiger partial charge in [-0.3, -0.25) is 14.4 Å². The molecule has 0 aromatic heterocycles. The molecule has 2 atom stereocenters. The van der Waals surface area contributed by atoms with Gasteiger partial charge in [0.05, 0.1) is 12.4 Å². The van der Waals surface area contributed by atoms with Crippen molar-refractivity contribution < 1.29 is 14.4 Å². The number of nitrogens with one attached hydrogen (secondary N) is 1. The van der Waals surface area contributed by atoms with Crippen molar-refractivity contribution in [3.05, 3.63) is 0 Å². The van der Waals surface area contributed by atoms with E-state index < -0.39 is 0 Å². The Kier molecular flexibility index (Phi) is 6.80. The average Bonchev–Trinajstić information content (AvgIpc) is 3.16. The molecule has 0 bridgehead atoms. The molecule has 8 heteroatoms. The molecule has 146 valence electrons. The first-order chi connectivity index (χ1) is 12.6. The zero-order valence-corrected chi connectivity index (χ0v) is 16.4. The van der Waals surface area contributed by atoms with E-state index in [0.717, 1.165) is 38.8 Å². The number of piperazine rings is 1. The Morgan fingerprint density at radius 1 is 1.31 bits per heavy atom. The van der Waals surface area contributed by atoms with Gasteiger partial charge in [0, 0.05) is 44.4 Å². The van der Waals surface area contributed by atoms with Crippen LogP contribution in [0, 0.1) is 0 Å². The molecule has 2 unspecified atom stereocenters. The molecule has 3 rings (SSSR count). The van der Waals surface area contributed by atoms with Gasteiger partial charge in [-0.05, 0) is 19.3 Å². The fraction of sp³-hybridized carbons (Fsp3) is 0.833. The summed E-state index contributed by atoms with van der Waals surface area (Å²) in [7, 11) is 0. The fourth-order valence-corrected chi connectivity index (χ4v) is 5.16. The number of piperidine rings is 1. The first kappa shape index (κ1) is 19.5. The van der Waals surface area contributed by atoms with Crippen LogP contribution in [-0.2, 0) is 14.4 Å². The second kappa shape index (κ2) is 9.08. The van der Waals surface area contributed by atoms with Crippen LogP contribution >= 0.6 is 11.8 Å². The molecular weight excluding hydrogens is 352 g/mol. The van der Waals surface area contributed by atoms with Crippen molar-refractivity contribution in [1.82, 2.24) is 20.0 Å². The minimum Gasteiger partial charge on any atom is -0.339 e. The van der Waals surface area contributed by atoms with E-state index in [-0.39, 0.29) is 29.8 Å². The number of unbranched alkanes of at least 4 members (excludes halogenated alkanes) is 1. The molecule has 3 fully saturated rings. The summed E-state index contributed by atoms with van der Waals surface area (Å²) in [5.74, 6) is 1.59. The van der Waals surface area contributed by atoms with Crippen molar-refractivity contribution in [3.8, 4) is 0 Å². The second-order valence-corrected chi connectivity index (χ2v) is 8.33. The molecule has 3 heterocycles. The van der Waals surface area contributed by atoms with Gasteiger partial charge in [-0.15, -0.1) is 11.8 Å². The summed E-state index contributed by atoms with van der Waals surface area (Å²) in [5.41, 5.74) is 0. The van der Waals surface area contributed by atoms with Gasteiger partial charge < -0.3 is 20.0 Å². The molecule has 0 aromatic carbocycles. The van der Waals surface area contributed by atoms with Crippen molar-refractivity contribution in [2.45, 2.75) is 51.1 Å².